The van der Waals surface area contributed by atoms with E-state index in [1.165, 1.54) is 0 Å². The fourth-order valence-corrected chi connectivity index (χ4v) is 2.46. The molecular formula is C18H16N2O. The van der Waals surface area contributed by atoms with E-state index in [1.807, 2.05) is 60.8 Å². The number of aromatic nitrogens is 1. The van der Waals surface area contributed by atoms with Gasteiger partial charge in [0.1, 0.15) is 5.75 Å². The van der Waals surface area contributed by atoms with Crippen LogP contribution in [0, 0.1) is 11.3 Å². The minimum atomic E-state index is 0.682. The third kappa shape index (κ3) is 2.90. The Morgan fingerprint density at radius 1 is 1.00 bits per heavy atom. The highest BCUT2D eigenvalue weighted by molar-refractivity contribution is 5.85. The fraction of sp³-hybridized carbons (Fsp3) is 0.167. The molecule has 2 aromatic carbocycles. The lowest BCUT2D eigenvalue weighted by Crippen LogP contribution is -2.03. The Morgan fingerprint density at radius 3 is 2.67 bits per heavy atom. The van der Waals surface area contributed by atoms with Gasteiger partial charge in [-0.1, -0.05) is 24.3 Å². The first-order valence-corrected chi connectivity index (χ1v) is 7.04. The number of nitrogens with zero attached hydrogens (tertiary/aromatic N) is 2. The van der Waals surface area contributed by atoms with Crippen molar-refractivity contribution >= 4 is 10.9 Å². The van der Waals surface area contributed by atoms with E-state index in [1.54, 1.807) is 0 Å². The summed E-state index contributed by atoms with van der Waals surface area (Å²) in [6.45, 7) is 1.56. The number of benzene rings is 2. The van der Waals surface area contributed by atoms with Gasteiger partial charge in [0.05, 0.1) is 18.2 Å². The maximum absolute atomic E-state index is 9.11. The molecule has 3 heteroatoms. The van der Waals surface area contributed by atoms with Gasteiger partial charge in [0, 0.05) is 23.6 Å². The van der Waals surface area contributed by atoms with Gasteiger partial charge in [0.25, 0.3) is 0 Å². The number of hydrogen-bond donors (Lipinski definition) is 0. The number of fused-ring (bicyclic) bond motifs is 1. The Labute approximate surface area is 124 Å². The molecule has 0 bridgehead atoms. The minimum absolute atomic E-state index is 0.682. The van der Waals surface area contributed by atoms with Gasteiger partial charge in [-0.2, -0.15) is 5.26 Å². The van der Waals surface area contributed by atoms with Crippen molar-refractivity contribution in [2.45, 2.75) is 13.0 Å². The van der Waals surface area contributed by atoms with E-state index in [4.69, 9.17) is 10.00 Å². The largest absolute Gasteiger partial charge is 0.494 e. The van der Waals surface area contributed by atoms with Crippen LogP contribution in [0.2, 0.25) is 0 Å². The van der Waals surface area contributed by atoms with Gasteiger partial charge >= 0.3 is 0 Å². The maximum atomic E-state index is 9.11. The van der Waals surface area contributed by atoms with Crippen molar-refractivity contribution in [3.63, 3.8) is 0 Å². The second kappa shape index (κ2) is 6.15. The molecule has 0 saturated carbocycles. The molecule has 0 unspecified atom stereocenters. The van der Waals surface area contributed by atoms with Crippen LogP contribution in [0.3, 0.4) is 0 Å². The zero-order chi connectivity index (χ0) is 14.5. The standard InChI is InChI=1S/C18H16N2O/c19-14-15-6-4-9-18-17(15)10-12-20(18)11-5-13-21-16-7-2-1-3-8-16/h1-4,6-10,12H,5,11,13H2. The van der Waals surface area contributed by atoms with Gasteiger partial charge in [-0.05, 0) is 36.8 Å². The monoisotopic (exact) mass is 276 g/mol. The highest BCUT2D eigenvalue weighted by atomic mass is 16.5. The van der Waals surface area contributed by atoms with E-state index in [0.29, 0.717) is 6.61 Å². The fourth-order valence-electron chi connectivity index (χ4n) is 2.46. The molecule has 3 aromatic rings. The van der Waals surface area contributed by atoms with Crippen molar-refractivity contribution in [2.75, 3.05) is 6.61 Å². The van der Waals surface area contributed by atoms with Crippen LogP contribution in [-0.4, -0.2) is 11.2 Å². The molecular weight excluding hydrogens is 260 g/mol. The molecule has 3 rings (SSSR count). The molecule has 1 heterocycles. The van der Waals surface area contributed by atoms with Crippen LogP contribution in [0.1, 0.15) is 12.0 Å². The average molecular weight is 276 g/mol. The van der Waals surface area contributed by atoms with Crippen LogP contribution in [0.25, 0.3) is 10.9 Å². The molecule has 21 heavy (non-hydrogen) atoms. The zero-order valence-electron chi connectivity index (χ0n) is 11.7. The van der Waals surface area contributed by atoms with Crippen LogP contribution >= 0.6 is 0 Å². The van der Waals surface area contributed by atoms with Gasteiger partial charge in [-0.25, -0.2) is 0 Å². The number of para-hydroxylation sites is 1. The van der Waals surface area contributed by atoms with Crippen molar-refractivity contribution in [3.05, 3.63) is 66.4 Å². The predicted molar refractivity (Wildman–Crippen MR) is 83.2 cm³/mol. The van der Waals surface area contributed by atoms with Crippen LogP contribution in [0.5, 0.6) is 5.75 Å². The van der Waals surface area contributed by atoms with Crippen molar-refractivity contribution in [1.82, 2.24) is 4.57 Å². The first-order valence-electron chi connectivity index (χ1n) is 7.04. The van der Waals surface area contributed by atoms with E-state index in [0.717, 1.165) is 35.2 Å². The molecule has 0 radical (unpaired) electrons. The van der Waals surface area contributed by atoms with Crippen LogP contribution < -0.4 is 4.74 Å². The Kier molecular flexibility index (Phi) is 3.88. The molecule has 0 atom stereocenters. The molecule has 3 nitrogen and oxygen atoms in total. The van der Waals surface area contributed by atoms with Gasteiger partial charge < -0.3 is 9.30 Å². The third-order valence-corrected chi connectivity index (χ3v) is 3.49. The summed E-state index contributed by atoms with van der Waals surface area (Å²) in [5, 5.41) is 10.1. The number of ether oxygens (including phenoxy) is 1. The Balaban J connectivity index is 1.63. The van der Waals surface area contributed by atoms with E-state index in [-0.39, 0.29) is 0 Å². The van der Waals surface area contributed by atoms with Crippen molar-refractivity contribution in [1.29, 1.82) is 5.26 Å². The number of nitriles is 1. The summed E-state index contributed by atoms with van der Waals surface area (Å²) in [6, 6.07) is 19.9. The van der Waals surface area contributed by atoms with Gasteiger partial charge in [0.2, 0.25) is 0 Å². The molecule has 1 aromatic heterocycles. The smallest absolute Gasteiger partial charge is 0.119 e. The topological polar surface area (TPSA) is 38.0 Å². The summed E-state index contributed by atoms with van der Waals surface area (Å²) < 4.78 is 7.87. The molecule has 0 aliphatic carbocycles. The van der Waals surface area contributed by atoms with E-state index < -0.39 is 0 Å². The Morgan fingerprint density at radius 2 is 1.86 bits per heavy atom. The quantitative estimate of drug-likeness (QED) is 0.661. The molecule has 0 spiro atoms. The highest BCUT2D eigenvalue weighted by Gasteiger charge is 2.04. The normalized spacial score (nSPS) is 10.4. The summed E-state index contributed by atoms with van der Waals surface area (Å²) in [6.07, 6.45) is 2.96. The second-order valence-corrected chi connectivity index (χ2v) is 4.87. The second-order valence-electron chi connectivity index (χ2n) is 4.87. The van der Waals surface area contributed by atoms with Gasteiger partial charge in [-0.15, -0.1) is 0 Å². The summed E-state index contributed by atoms with van der Waals surface area (Å²) in [5.74, 6) is 0.904. The van der Waals surface area contributed by atoms with Gasteiger partial charge in [0.15, 0.2) is 0 Å². The Hall–Kier alpha value is -2.73. The summed E-state index contributed by atoms with van der Waals surface area (Å²) in [5.41, 5.74) is 1.83. The van der Waals surface area contributed by atoms with Crippen LogP contribution in [-0.2, 0) is 6.54 Å². The van der Waals surface area contributed by atoms with E-state index in [9.17, 15) is 0 Å². The maximum Gasteiger partial charge on any atom is 0.119 e. The summed E-state index contributed by atoms with van der Waals surface area (Å²) in [4.78, 5) is 0. The molecule has 104 valence electrons. The minimum Gasteiger partial charge on any atom is -0.494 e. The first-order chi connectivity index (χ1) is 10.4. The first kappa shape index (κ1) is 13.3. The third-order valence-electron chi connectivity index (χ3n) is 3.49. The van der Waals surface area contributed by atoms with Crippen molar-refractivity contribution < 1.29 is 4.74 Å². The average Bonchev–Trinajstić information content (AvgIpc) is 2.96. The van der Waals surface area contributed by atoms with Crippen molar-refractivity contribution in [3.8, 4) is 11.8 Å². The van der Waals surface area contributed by atoms with Crippen LogP contribution in [0.15, 0.2) is 60.8 Å². The Bertz CT molecular complexity index is 769. The summed E-state index contributed by atoms with van der Waals surface area (Å²) in [7, 11) is 0. The van der Waals surface area contributed by atoms with E-state index in [2.05, 4.69) is 10.6 Å². The summed E-state index contributed by atoms with van der Waals surface area (Å²) >= 11 is 0. The van der Waals surface area contributed by atoms with Crippen LogP contribution in [0.4, 0.5) is 0 Å². The predicted octanol–water partition coefficient (Wildman–Crippen LogP) is 3.98. The highest BCUT2D eigenvalue weighted by Crippen LogP contribution is 2.20. The molecule has 0 fully saturated rings. The van der Waals surface area contributed by atoms with Crippen molar-refractivity contribution in [2.24, 2.45) is 0 Å². The lowest BCUT2D eigenvalue weighted by Gasteiger charge is -2.08. The number of hydrogen-bond acceptors (Lipinski definition) is 2. The SMILES string of the molecule is N#Cc1cccc2c1ccn2CCCOc1ccccc1. The van der Waals surface area contributed by atoms with Gasteiger partial charge in [-0.3, -0.25) is 0 Å². The lowest BCUT2D eigenvalue weighted by molar-refractivity contribution is 0.302. The molecule has 0 amide bonds. The number of aryl methyl sites for hydroxylation is 1. The molecule has 0 aliphatic heterocycles. The number of rotatable bonds is 5. The van der Waals surface area contributed by atoms with E-state index >= 15 is 0 Å². The molecule has 0 N–H and O–H groups in total. The lowest BCUT2D eigenvalue weighted by atomic mass is 10.1. The zero-order valence-corrected chi connectivity index (χ0v) is 11.7. The molecule has 0 aliphatic rings. The molecule has 0 saturated heterocycles.